The second-order valence-corrected chi connectivity index (χ2v) is 6.22. The highest BCUT2D eigenvalue weighted by atomic mass is 16.1. The number of hydrogen-bond donors (Lipinski definition) is 2. The van der Waals surface area contributed by atoms with Gasteiger partial charge in [0.2, 0.25) is 5.91 Å². The van der Waals surface area contributed by atoms with Crippen molar-refractivity contribution in [3.63, 3.8) is 0 Å². The first-order valence-electron chi connectivity index (χ1n) is 8.14. The van der Waals surface area contributed by atoms with Crippen LogP contribution >= 0.6 is 0 Å². The minimum Gasteiger partial charge on any atom is -0.326 e. The van der Waals surface area contributed by atoms with Crippen molar-refractivity contribution in [2.24, 2.45) is 5.92 Å². The molecule has 114 valence electrons. The Morgan fingerprint density at radius 3 is 2.90 bits per heavy atom. The molecule has 2 heterocycles. The van der Waals surface area contributed by atoms with Crippen molar-refractivity contribution in [3.8, 4) is 0 Å². The third-order valence-corrected chi connectivity index (χ3v) is 4.47. The first-order valence-corrected chi connectivity index (χ1v) is 8.14. The van der Waals surface area contributed by atoms with Gasteiger partial charge in [0.15, 0.2) is 0 Å². The number of rotatable bonds is 4. The van der Waals surface area contributed by atoms with Gasteiger partial charge in [0.25, 0.3) is 0 Å². The number of nitrogens with zero attached hydrogens (tertiary/aromatic N) is 1. The largest absolute Gasteiger partial charge is 0.326 e. The fraction of sp³-hybridized carbons (Fsp3) is 0.588. The number of anilines is 1. The highest BCUT2D eigenvalue weighted by Crippen LogP contribution is 2.18. The molecular formula is C17H25N3O. The quantitative estimate of drug-likeness (QED) is 0.892. The van der Waals surface area contributed by atoms with Crippen molar-refractivity contribution in [2.75, 3.05) is 31.5 Å². The van der Waals surface area contributed by atoms with E-state index in [1.807, 2.05) is 12.1 Å². The molecule has 2 fully saturated rings. The molecule has 4 nitrogen and oxygen atoms in total. The zero-order chi connectivity index (χ0) is 14.5. The van der Waals surface area contributed by atoms with Gasteiger partial charge < -0.3 is 10.6 Å². The van der Waals surface area contributed by atoms with E-state index in [1.54, 1.807) is 0 Å². The number of likely N-dealkylation sites (tertiary alicyclic amines) is 1. The van der Waals surface area contributed by atoms with Gasteiger partial charge in [-0.25, -0.2) is 0 Å². The van der Waals surface area contributed by atoms with E-state index >= 15 is 0 Å². The molecule has 2 N–H and O–H groups in total. The van der Waals surface area contributed by atoms with Crippen molar-refractivity contribution in [1.82, 2.24) is 10.2 Å². The van der Waals surface area contributed by atoms with Crippen LogP contribution in [0.15, 0.2) is 24.3 Å². The molecule has 0 saturated carbocycles. The first-order chi connectivity index (χ1) is 10.3. The summed E-state index contributed by atoms with van der Waals surface area (Å²) in [4.78, 5) is 14.7. The normalized spacial score (nSPS) is 23.1. The number of amides is 1. The Kier molecular flexibility index (Phi) is 4.88. The maximum absolute atomic E-state index is 12.3. The molecule has 0 spiro atoms. The summed E-state index contributed by atoms with van der Waals surface area (Å²) < 4.78 is 0. The molecule has 1 aromatic carbocycles. The van der Waals surface area contributed by atoms with E-state index < -0.39 is 0 Å². The summed E-state index contributed by atoms with van der Waals surface area (Å²) in [6, 6.07) is 8.30. The Labute approximate surface area is 126 Å². The minimum atomic E-state index is 0.112. The number of benzene rings is 1. The molecule has 4 heteroatoms. The van der Waals surface area contributed by atoms with Crippen molar-refractivity contribution < 1.29 is 4.79 Å². The Morgan fingerprint density at radius 1 is 1.29 bits per heavy atom. The van der Waals surface area contributed by atoms with Crippen molar-refractivity contribution in [2.45, 2.75) is 32.2 Å². The van der Waals surface area contributed by atoms with Gasteiger partial charge in [-0.1, -0.05) is 12.1 Å². The lowest BCUT2D eigenvalue weighted by Gasteiger charge is -2.22. The average Bonchev–Trinajstić information content (AvgIpc) is 3.01. The van der Waals surface area contributed by atoms with Gasteiger partial charge in [0, 0.05) is 18.8 Å². The zero-order valence-electron chi connectivity index (χ0n) is 12.6. The van der Waals surface area contributed by atoms with Crippen LogP contribution in [-0.2, 0) is 11.3 Å². The number of carbonyl (C=O) groups excluding carboxylic acids is 1. The molecule has 1 atom stereocenters. The van der Waals surface area contributed by atoms with Crippen LogP contribution < -0.4 is 10.6 Å². The van der Waals surface area contributed by atoms with Gasteiger partial charge in [0.05, 0.1) is 5.92 Å². The van der Waals surface area contributed by atoms with Gasteiger partial charge >= 0.3 is 0 Å². The summed E-state index contributed by atoms with van der Waals surface area (Å²) in [6.07, 6.45) is 4.70. The Hall–Kier alpha value is -1.39. The van der Waals surface area contributed by atoms with Crippen LogP contribution in [0, 0.1) is 5.92 Å². The van der Waals surface area contributed by atoms with Gasteiger partial charge in [-0.05, 0) is 63.0 Å². The van der Waals surface area contributed by atoms with Crippen LogP contribution in [0.1, 0.15) is 31.2 Å². The van der Waals surface area contributed by atoms with E-state index in [2.05, 4.69) is 27.7 Å². The van der Waals surface area contributed by atoms with Crippen LogP contribution in [0.3, 0.4) is 0 Å². The highest BCUT2D eigenvalue weighted by Gasteiger charge is 2.21. The van der Waals surface area contributed by atoms with Gasteiger partial charge in [-0.2, -0.15) is 0 Å². The van der Waals surface area contributed by atoms with E-state index in [9.17, 15) is 4.79 Å². The third-order valence-electron chi connectivity index (χ3n) is 4.47. The molecule has 0 aromatic heterocycles. The van der Waals surface area contributed by atoms with E-state index in [1.165, 1.54) is 31.5 Å². The summed E-state index contributed by atoms with van der Waals surface area (Å²) in [5, 5.41) is 6.37. The number of nitrogens with one attached hydrogen (secondary N) is 2. The molecule has 2 saturated heterocycles. The summed E-state index contributed by atoms with van der Waals surface area (Å²) in [5.41, 5.74) is 2.22. The lowest BCUT2D eigenvalue weighted by Crippen LogP contribution is -2.37. The van der Waals surface area contributed by atoms with Crippen molar-refractivity contribution >= 4 is 11.6 Å². The minimum absolute atomic E-state index is 0.112. The van der Waals surface area contributed by atoms with E-state index in [0.29, 0.717) is 0 Å². The molecule has 0 aliphatic carbocycles. The second-order valence-electron chi connectivity index (χ2n) is 6.22. The van der Waals surface area contributed by atoms with Crippen molar-refractivity contribution in [1.29, 1.82) is 0 Å². The van der Waals surface area contributed by atoms with Crippen LogP contribution in [-0.4, -0.2) is 37.0 Å². The Balaban J connectivity index is 1.58. The first kappa shape index (κ1) is 14.5. The molecule has 2 aliphatic heterocycles. The van der Waals surface area contributed by atoms with Gasteiger partial charge in [-0.3, -0.25) is 9.69 Å². The van der Waals surface area contributed by atoms with Crippen LogP contribution in [0.2, 0.25) is 0 Å². The fourth-order valence-corrected chi connectivity index (χ4v) is 3.27. The summed E-state index contributed by atoms with van der Waals surface area (Å²) in [5.74, 6) is 0.265. The predicted octanol–water partition coefficient (Wildman–Crippen LogP) is 2.22. The smallest absolute Gasteiger partial charge is 0.228 e. The number of piperidine rings is 1. The zero-order valence-corrected chi connectivity index (χ0v) is 12.6. The monoisotopic (exact) mass is 287 g/mol. The maximum atomic E-state index is 12.3. The number of carbonyl (C=O) groups is 1. The highest BCUT2D eigenvalue weighted by molar-refractivity contribution is 5.92. The molecular weight excluding hydrogens is 262 g/mol. The summed E-state index contributed by atoms with van der Waals surface area (Å²) in [7, 11) is 0. The van der Waals surface area contributed by atoms with E-state index in [-0.39, 0.29) is 11.8 Å². The standard InChI is InChI=1S/C17H25N3O/c21-17(15-6-4-8-18-12-15)19-16-7-3-5-14(11-16)13-20-9-1-2-10-20/h3,5,7,11,15,18H,1-2,4,6,8-10,12-13H2,(H,19,21)/t15-/m0/s1. The Bertz CT molecular complexity index is 477. The fourth-order valence-electron chi connectivity index (χ4n) is 3.27. The van der Waals surface area contributed by atoms with Gasteiger partial charge in [-0.15, -0.1) is 0 Å². The lowest BCUT2D eigenvalue weighted by molar-refractivity contribution is -0.120. The lowest BCUT2D eigenvalue weighted by atomic mass is 9.99. The molecule has 3 rings (SSSR count). The third kappa shape index (κ3) is 4.05. The van der Waals surface area contributed by atoms with Crippen molar-refractivity contribution in [3.05, 3.63) is 29.8 Å². The predicted molar refractivity (Wildman–Crippen MR) is 85.2 cm³/mol. The Morgan fingerprint density at radius 2 is 2.14 bits per heavy atom. The molecule has 0 radical (unpaired) electrons. The van der Waals surface area contributed by atoms with Crippen LogP contribution in [0.5, 0.6) is 0 Å². The van der Waals surface area contributed by atoms with E-state index in [0.717, 1.165) is 38.2 Å². The second kappa shape index (κ2) is 7.05. The average molecular weight is 287 g/mol. The number of hydrogen-bond acceptors (Lipinski definition) is 3. The molecule has 21 heavy (non-hydrogen) atoms. The maximum Gasteiger partial charge on any atom is 0.228 e. The summed E-state index contributed by atoms with van der Waals surface area (Å²) >= 11 is 0. The van der Waals surface area contributed by atoms with Crippen LogP contribution in [0.4, 0.5) is 5.69 Å². The SMILES string of the molecule is O=C(Nc1cccc(CN2CCCC2)c1)[C@H]1CCCNC1. The molecule has 1 aromatic rings. The summed E-state index contributed by atoms with van der Waals surface area (Å²) in [6.45, 7) is 5.23. The topological polar surface area (TPSA) is 44.4 Å². The van der Waals surface area contributed by atoms with Gasteiger partial charge in [0.1, 0.15) is 0 Å². The molecule has 2 aliphatic rings. The molecule has 0 bridgehead atoms. The van der Waals surface area contributed by atoms with E-state index in [4.69, 9.17) is 0 Å². The van der Waals surface area contributed by atoms with Crippen LogP contribution in [0.25, 0.3) is 0 Å². The molecule has 1 amide bonds. The molecule has 0 unspecified atom stereocenters.